The van der Waals surface area contributed by atoms with Crippen molar-refractivity contribution in [1.29, 1.82) is 0 Å². The van der Waals surface area contributed by atoms with E-state index in [1.165, 1.54) is 0 Å². The number of β-amino-alcohol motifs (C(OH)–C–C–N with tert-alkyl or cyclic N) is 1. The molecule has 0 spiro atoms. The summed E-state index contributed by atoms with van der Waals surface area (Å²) in [6.45, 7) is 0.727. The van der Waals surface area contributed by atoms with Crippen molar-refractivity contribution in [3.05, 3.63) is 24.3 Å². The Kier molecular flexibility index (Phi) is 2.93. The number of phenolic OH excluding ortho intramolecular Hbond substituents is 1. The summed E-state index contributed by atoms with van der Waals surface area (Å²) in [6.07, 6.45) is 0.871. The third kappa shape index (κ3) is 2.34. The molecule has 0 saturated carbocycles. The number of anilines is 1. The highest BCUT2D eigenvalue weighted by Crippen LogP contribution is 2.28. The molecule has 1 unspecified atom stereocenters. The van der Waals surface area contributed by atoms with Crippen LogP contribution in [0.25, 0.3) is 0 Å². The van der Waals surface area contributed by atoms with E-state index in [0.29, 0.717) is 13.0 Å². The van der Waals surface area contributed by atoms with E-state index in [0.717, 1.165) is 5.69 Å². The molecule has 1 fully saturated rings. The van der Waals surface area contributed by atoms with Crippen molar-refractivity contribution in [3.8, 4) is 5.75 Å². The summed E-state index contributed by atoms with van der Waals surface area (Å²) in [5, 5.41) is 28.3. The smallest absolute Gasteiger partial charge is 0.337 e. The lowest BCUT2D eigenvalue weighted by Crippen LogP contribution is -2.53. The molecule has 1 aromatic carbocycles. The Bertz CT molecular complexity index is 434. The molecule has 0 bridgehead atoms. The molecule has 0 radical (unpaired) electrons. The van der Waals surface area contributed by atoms with Gasteiger partial charge in [0.25, 0.3) is 0 Å². The van der Waals surface area contributed by atoms with Gasteiger partial charge in [0.1, 0.15) is 5.75 Å². The van der Waals surface area contributed by atoms with Crippen LogP contribution in [-0.4, -0.2) is 40.0 Å². The highest BCUT2D eigenvalue weighted by Gasteiger charge is 2.40. The van der Waals surface area contributed by atoms with E-state index in [9.17, 15) is 15.0 Å². The summed E-state index contributed by atoms with van der Waals surface area (Å²) in [5.41, 5.74) is -0.964. The lowest BCUT2D eigenvalue weighted by atomic mass is 9.92. The average molecular weight is 237 g/mol. The third-order valence-electron chi connectivity index (χ3n) is 3.06. The van der Waals surface area contributed by atoms with E-state index in [1.807, 2.05) is 0 Å². The van der Waals surface area contributed by atoms with Gasteiger partial charge in [-0.25, -0.2) is 4.79 Å². The zero-order chi connectivity index (χ0) is 12.5. The largest absolute Gasteiger partial charge is 0.508 e. The molecule has 0 aromatic heterocycles. The summed E-state index contributed by atoms with van der Waals surface area (Å²) in [4.78, 5) is 12.8. The molecule has 5 nitrogen and oxygen atoms in total. The Morgan fingerprint density at radius 1 is 1.41 bits per heavy atom. The fraction of sp³-hybridized carbons (Fsp3) is 0.417. The fourth-order valence-electron chi connectivity index (χ4n) is 2.12. The SMILES string of the molecule is O=C(O)C1(O)CCCN(c2cccc(O)c2)C1. The van der Waals surface area contributed by atoms with Gasteiger partial charge < -0.3 is 20.2 Å². The minimum Gasteiger partial charge on any atom is -0.508 e. The summed E-state index contributed by atoms with van der Waals surface area (Å²) >= 11 is 0. The van der Waals surface area contributed by atoms with Crippen molar-refractivity contribution in [2.45, 2.75) is 18.4 Å². The summed E-state index contributed by atoms with van der Waals surface area (Å²) in [7, 11) is 0. The van der Waals surface area contributed by atoms with E-state index in [1.54, 1.807) is 29.2 Å². The topological polar surface area (TPSA) is 81.0 Å². The first-order chi connectivity index (χ1) is 8.01. The van der Waals surface area contributed by atoms with Crippen molar-refractivity contribution >= 4 is 11.7 Å². The van der Waals surface area contributed by atoms with Gasteiger partial charge in [0.15, 0.2) is 5.60 Å². The molecule has 1 atom stereocenters. The van der Waals surface area contributed by atoms with Crippen LogP contribution in [0.5, 0.6) is 5.75 Å². The number of benzene rings is 1. The van der Waals surface area contributed by atoms with Crippen molar-refractivity contribution in [2.75, 3.05) is 18.0 Å². The Labute approximate surface area is 98.9 Å². The van der Waals surface area contributed by atoms with E-state index < -0.39 is 11.6 Å². The van der Waals surface area contributed by atoms with Gasteiger partial charge in [-0.2, -0.15) is 0 Å². The van der Waals surface area contributed by atoms with Crippen LogP contribution in [0.3, 0.4) is 0 Å². The maximum Gasteiger partial charge on any atom is 0.337 e. The van der Waals surface area contributed by atoms with Gasteiger partial charge in [-0.3, -0.25) is 0 Å². The van der Waals surface area contributed by atoms with Gasteiger partial charge in [-0.05, 0) is 25.0 Å². The molecule has 3 N–H and O–H groups in total. The number of nitrogens with zero attached hydrogens (tertiary/aromatic N) is 1. The summed E-state index contributed by atoms with van der Waals surface area (Å²) < 4.78 is 0. The first-order valence-electron chi connectivity index (χ1n) is 5.51. The molecular weight excluding hydrogens is 222 g/mol. The van der Waals surface area contributed by atoms with Gasteiger partial charge in [-0.15, -0.1) is 0 Å². The first-order valence-corrected chi connectivity index (χ1v) is 5.51. The standard InChI is InChI=1S/C12H15NO4/c14-10-4-1-3-9(7-10)13-6-2-5-12(17,8-13)11(15)16/h1,3-4,7,14,17H,2,5-6,8H2,(H,15,16). The second-order valence-electron chi connectivity index (χ2n) is 4.38. The molecule has 1 aromatic rings. The van der Waals surface area contributed by atoms with E-state index in [2.05, 4.69) is 0 Å². The second kappa shape index (κ2) is 4.25. The molecular formula is C12H15NO4. The van der Waals surface area contributed by atoms with Crippen LogP contribution in [0.15, 0.2) is 24.3 Å². The fourth-order valence-corrected chi connectivity index (χ4v) is 2.12. The number of piperidine rings is 1. The van der Waals surface area contributed by atoms with Gasteiger partial charge in [-0.1, -0.05) is 6.07 Å². The normalized spacial score (nSPS) is 24.6. The predicted molar refractivity (Wildman–Crippen MR) is 62.1 cm³/mol. The number of carboxylic acid groups (broad SMARTS) is 1. The predicted octanol–water partition coefficient (Wildman–Crippen LogP) is 0.808. The lowest BCUT2D eigenvalue weighted by Gasteiger charge is -2.37. The molecule has 1 aliphatic rings. The molecule has 0 aliphatic carbocycles. The zero-order valence-corrected chi connectivity index (χ0v) is 9.33. The van der Waals surface area contributed by atoms with Crippen LogP contribution < -0.4 is 4.90 Å². The highest BCUT2D eigenvalue weighted by molar-refractivity contribution is 5.78. The number of aliphatic hydroxyl groups is 1. The van der Waals surface area contributed by atoms with Gasteiger partial charge in [0, 0.05) is 18.3 Å². The lowest BCUT2D eigenvalue weighted by molar-refractivity contribution is -0.159. The molecule has 0 amide bonds. The van der Waals surface area contributed by atoms with Crippen LogP contribution in [0.1, 0.15) is 12.8 Å². The first kappa shape index (κ1) is 11.7. The number of hydrogen-bond acceptors (Lipinski definition) is 4. The van der Waals surface area contributed by atoms with Crippen LogP contribution in [0.2, 0.25) is 0 Å². The Morgan fingerprint density at radius 3 is 2.82 bits per heavy atom. The number of hydrogen-bond donors (Lipinski definition) is 3. The number of carbonyl (C=O) groups is 1. The van der Waals surface area contributed by atoms with E-state index >= 15 is 0 Å². The zero-order valence-electron chi connectivity index (χ0n) is 9.33. The maximum atomic E-state index is 11.0. The van der Waals surface area contributed by atoms with Crippen LogP contribution in [0, 0.1) is 0 Å². The molecule has 17 heavy (non-hydrogen) atoms. The molecule has 1 saturated heterocycles. The Balaban J connectivity index is 2.20. The molecule has 1 heterocycles. The Morgan fingerprint density at radius 2 is 2.18 bits per heavy atom. The number of aromatic hydroxyl groups is 1. The molecule has 1 aliphatic heterocycles. The van der Waals surface area contributed by atoms with Crippen molar-refractivity contribution < 1.29 is 20.1 Å². The molecule has 92 valence electrons. The minimum absolute atomic E-state index is 0.0474. The number of aliphatic carboxylic acids is 1. The highest BCUT2D eigenvalue weighted by atomic mass is 16.4. The molecule has 5 heteroatoms. The maximum absolute atomic E-state index is 11.0. The van der Waals surface area contributed by atoms with E-state index in [-0.39, 0.29) is 18.7 Å². The average Bonchev–Trinajstić information content (AvgIpc) is 2.29. The second-order valence-corrected chi connectivity index (χ2v) is 4.38. The quantitative estimate of drug-likeness (QED) is 0.709. The minimum atomic E-state index is -1.69. The monoisotopic (exact) mass is 237 g/mol. The van der Waals surface area contributed by atoms with E-state index in [4.69, 9.17) is 5.11 Å². The summed E-state index contributed by atoms with van der Waals surface area (Å²) in [5.74, 6) is -1.06. The van der Waals surface area contributed by atoms with Gasteiger partial charge in [0.2, 0.25) is 0 Å². The number of phenols is 1. The van der Waals surface area contributed by atoms with Crippen molar-refractivity contribution in [2.24, 2.45) is 0 Å². The molecule has 2 rings (SSSR count). The van der Waals surface area contributed by atoms with Crippen molar-refractivity contribution in [1.82, 2.24) is 0 Å². The summed E-state index contributed by atoms with van der Waals surface area (Å²) in [6, 6.07) is 6.59. The van der Waals surface area contributed by atoms with Crippen molar-refractivity contribution in [3.63, 3.8) is 0 Å². The number of carboxylic acids is 1. The third-order valence-corrected chi connectivity index (χ3v) is 3.06. The van der Waals surface area contributed by atoms with Gasteiger partial charge in [0.05, 0.1) is 6.54 Å². The number of rotatable bonds is 2. The Hall–Kier alpha value is -1.75. The van der Waals surface area contributed by atoms with Crippen LogP contribution >= 0.6 is 0 Å². The van der Waals surface area contributed by atoms with Gasteiger partial charge >= 0.3 is 5.97 Å². The van der Waals surface area contributed by atoms with Crippen LogP contribution in [-0.2, 0) is 4.79 Å². The van der Waals surface area contributed by atoms with Crippen LogP contribution in [0.4, 0.5) is 5.69 Å².